The molecule has 0 spiro atoms. The first-order valence-electron chi connectivity index (χ1n) is 6.04. The second kappa shape index (κ2) is 5.71. The Morgan fingerprint density at radius 2 is 1.82 bits per heavy atom. The summed E-state index contributed by atoms with van der Waals surface area (Å²) in [5.41, 5.74) is 1.51. The SMILES string of the molecule is CCOC(=O)C(C)(C)Nc1ccc(CC)cc1. The Hall–Kier alpha value is -1.51. The second-order valence-corrected chi connectivity index (χ2v) is 4.52. The fourth-order valence-corrected chi connectivity index (χ4v) is 1.55. The van der Waals surface area contributed by atoms with Crippen molar-refractivity contribution in [1.29, 1.82) is 0 Å². The molecule has 0 saturated heterocycles. The summed E-state index contributed by atoms with van der Waals surface area (Å²) in [6, 6.07) is 8.09. The molecule has 1 aromatic carbocycles. The van der Waals surface area contributed by atoms with Gasteiger partial charge in [-0.2, -0.15) is 0 Å². The molecule has 0 fully saturated rings. The highest BCUT2D eigenvalue weighted by Crippen LogP contribution is 2.17. The average Bonchev–Trinajstić information content (AvgIpc) is 2.30. The van der Waals surface area contributed by atoms with Gasteiger partial charge in [0.1, 0.15) is 5.54 Å². The second-order valence-electron chi connectivity index (χ2n) is 4.52. The van der Waals surface area contributed by atoms with E-state index < -0.39 is 5.54 Å². The number of aryl methyl sites for hydroxylation is 1. The van der Waals surface area contributed by atoms with Crippen LogP contribution in [0.5, 0.6) is 0 Å². The molecule has 3 nitrogen and oxygen atoms in total. The predicted octanol–water partition coefficient (Wildman–Crippen LogP) is 3.00. The Bertz CT molecular complexity index is 368. The minimum absolute atomic E-state index is 0.237. The molecule has 0 radical (unpaired) electrons. The highest BCUT2D eigenvalue weighted by atomic mass is 16.5. The van der Waals surface area contributed by atoms with Crippen LogP contribution in [-0.4, -0.2) is 18.1 Å². The zero-order valence-corrected chi connectivity index (χ0v) is 11.0. The van der Waals surface area contributed by atoms with Crippen LogP contribution in [0.25, 0.3) is 0 Å². The van der Waals surface area contributed by atoms with Crippen molar-refractivity contribution >= 4 is 11.7 Å². The summed E-state index contributed by atoms with van der Waals surface area (Å²) in [4.78, 5) is 11.7. The van der Waals surface area contributed by atoms with E-state index in [4.69, 9.17) is 4.74 Å². The van der Waals surface area contributed by atoms with E-state index in [-0.39, 0.29) is 5.97 Å². The van der Waals surface area contributed by atoms with Crippen LogP contribution >= 0.6 is 0 Å². The number of hydrogen-bond donors (Lipinski definition) is 1. The molecule has 1 aromatic rings. The third kappa shape index (κ3) is 3.77. The molecule has 0 unspecified atom stereocenters. The maximum absolute atomic E-state index is 11.7. The molecule has 1 rings (SSSR count). The summed E-state index contributed by atoms with van der Waals surface area (Å²) in [6.45, 7) is 7.96. The smallest absolute Gasteiger partial charge is 0.331 e. The van der Waals surface area contributed by atoms with Crippen molar-refractivity contribution in [1.82, 2.24) is 0 Å². The molecule has 1 N–H and O–H groups in total. The molecule has 0 aliphatic carbocycles. The number of anilines is 1. The van der Waals surface area contributed by atoms with Crippen molar-refractivity contribution in [3.63, 3.8) is 0 Å². The lowest BCUT2D eigenvalue weighted by molar-refractivity contribution is -0.147. The van der Waals surface area contributed by atoms with Crippen LogP contribution in [0, 0.1) is 0 Å². The zero-order valence-electron chi connectivity index (χ0n) is 11.0. The standard InChI is InChI=1S/C14H21NO2/c1-5-11-7-9-12(10-8-11)15-14(3,4)13(16)17-6-2/h7-10,15H,5-6H2,1-4H3. The van der Waals surface area contributed by atoms with Crippen LogP contribution in [0.3, 0.4) is 0 Å². The summed E-state index contributed by atoms with van der Waals surface area (Å²) in [7, 11) is 0. The van der Waals surface area contributed by atoms with Crippen molar-refractivity contribution < 1.29 is 9.53 Å². The molecule has 0 heterocycles. The van der Waals surface area contributed by atoms with Gasteiger partial charge in [0.2, 0.25) is 0 Å². The van der Waals surface area contributed by atoms with E-state index in [1.165, 1.54) is 5.56 Å². The first-order chi connectivity index (χ1) is 7.99. The molecular formula is C14H21NO2. The molecule has 0 saturated carbocycles. The Morgan fingerprint density at radius 3 is 2.29 bits per heavy atom. The third-order valence-corrected chi connectivity index (χ3v) is 2.60. The van der Waals surface area contributed by atoms with Crippen molar-refractivity contribution in [3.05, 3.63) is 29.8 Å². The molecular weight excluding hydrogens is 214 g/mol. The number of ether oxygens (including phenoxy) is 1. The lowest BCUT2D eigenvalue weighted by atomic mass is 10.0. The van der Waals surface area contributed by atoms with Gasteiger partial charge >= 0.3 is 5.97 Å². The minimum Gasteiger partial charge on any atom is -0.464 e. The highest BCUT2D eigenvalue weighted by Gasteiger charge is 2.28. The summed E-state index contributed by atoms with van der Waals surface area (Å²) < 4.78 is 5.02. The van der Waals surface area contributed by atoms with Gasteiger partial charge in [0.25, 0.3) is 0 Å². The molecule has 0 bridgehead atoms. The molecule has 3 heteroatoms. The number of carbonyl (C=O) groups excluding carboxylic acids is 1. The van der Waals surface area contributed by atoms with Gasteiger partial charge in [0.15, 0.2) is 0 Å². The van der Waals surface area contributed by atoms with Crippen LogP contribution in [-0.2, 0) is 16.0 Å². The van der Waals surface area contributed by atoms with Gasteiger partial charge in [0.05, 0.1) is 6.61 Å². The number of rotatable bonds is 5. The largest absolute Gasteiger partial charge is 0.464 e. The number of nitrogens with one attached hydrogen (secondary N) is 1. The molecule has 0 aromatic heterocycles. The Kier molecular flexibility index (Phi) is 4.55. The fourth-order valence-electron chi connectivity index (χ4n) is 1.55. The predicted molar refractivity (Wildman–Crippen MR) is 70.2 cm³/mol. The van der Waals surface area contributed by atoms with Gasteiger partial charge in [-0.3, -0.25) is 0 Å². The van der Waals surface area contributed by atoms with Crippen LogP contribution in [0.15, 0.2) is 24.3 Å². The zero-order chi connectivity index (χ0) is 12.9. The van der Waals surface area contributed by atoms with Crippen molar-refractivity contribution in [2.45, 2.75) is 39.7 Å². The van der Waals surface area contributed by atoms with Gasteiger partial charge in [-0.15, -0.1) is 0 Å². The van der Waals surface area contributed by atoms with Gasteiger partial charge in [-0.1, -0.05) is 19.1 Å². The average molecular weight is 235 g/mol. The molecule has 0 atom stereocenters. The maximum atomic E-state index is 11.7. The van der Waals surface area contributed by atoms with E-state index in [9.17, 15) is 4.79 Å². The van der Waals surface area contributed by atoms with E-state index in [0.717, 1.165) is 12.1 Å². The van der Waals surface area contributed by atoms with E-state index in [1.807, 2.05) is 32.9 Å². The summed E-state index contributed by atoms with van der Waals surface area (Å²) in [6.07, 6.45) is 1.02. The fraction of sp³-hybridized carbons (Fsp3) is 0.500. The Morgan fingerprint density at radius 1 is 1.24 bits per heavy atom. The van der Waals surface area contributed by atoms with Crippen molar-refractivity contribution in [2.75, 3.05) is 11.9 Å². The normalized spacial score (nSPS) is 11.1. The molecule has 0 aliphatic rings. The van der Waals surface area contributed by atoms with E-state index in [1.54, 1.807) is 0 Å². The van der Waals surface area contributed by atoms with Crippen LogP contribution in [0.2, 0.25) is 0 Å². The van der Waals surface area contributed by atoms with Crippen LogP contribution in [0.4, 0.5) is 5.69 Å². The molecule has 17 heavy (non-hydrogen) atoms. The Balaban J connectivity index is 2.71. The minimum atomic E-state index is -0.705. The molecule has 94 valence electrons. The topological polar surface area (TPSA) is 38.3 Å². The first-order valence-corrected chi connectivity index (χ1v) is 6.04. The highest BCUT2D eigenvalue weighted by molar-refractivity contribution is 5.83. The molecule has 0 amide bonds. The lowest BCUT2D eigenvalue weighted by Gasteiger charge is -2.25. The van der Waals surface area contributed by atoms with Gasteiger partial charge in [-0.05, 0) is 44.9 Å². The number of hydrogen-bond acceptors (Lipinski definition) is 3. The number of carbonyl (C=O) groups is 1. The van der Waals surface area contributed by atoms with Crippen molar-refractivity contribution in [3.8, 4) is 0 Å². The number of esters is 1. The molecule has 0 aliphatic heterocycles. The van der Waals surface area contributed by atoms with Gasteiger partial charge in [0, 0.05) is 5.69 Å². The Labute approximate surface area is 103 Å². The van der Waals surface area contributed by atoms with Gasteiger partial charge in [-0.25, -0.2) is 4.79 Å². The monoisotopic (exact) mass is 235 g/mol. The lowest BCUT2D eigenvalue weighted by Crippen LogP contribution is -2.41. The van der Waals surface area contributed by atoms with Crippen LogP contribution in [0.1, 0.15) is 33.3 Å². The van der Waals surface area contributed by atoms with E-state index in [2.05, 4.69) is 24.4 Å². The first kappa shape index (κ1) is 13.6. The maximum Gasteiger partial charge on any atom is 0.331 e. The quantitative estimate of drug-likeness (QED) is 0.797. The summed E-state index contributed by atoms with van der Waals surface area (Å²) in [5, 5.41) is 3.18. The van der Waals surface area contributed by atoms with E-state index in [0.29, 0.717) is 6.61 Å². The van der Waals surface area contributed by atoms with Gasteiger partial charge < -0.3 is 10.1 Å². The van der Waals surface area contributed by atoms with Crippen LogP contribution < -0.4 is 5.32 Å². The number of benzene rings is 1. The summed E-state index contributed by atoms with van der Waals surface area (Å²) >= 11 is 0. The van der Waals surface area contributed by atoms with Crippen molar-refractivity contribution in [2.24, 2.45) is 0 Å². The third-order valence-electron chi connectivity index (χ3n) is 2.60. The van der Waals surface area contributed by atoms with E-state index >= 15 is 0 Å². The summed E-state index contributed by atoms with van der Waals surface area (Å²) in [5.74, 6) is -0.237.